The molecule has 3 heteroatoms. The van der Waals surface area contributed by atoms with Crippen LogP contribution in [-0.4, -0.2) is 12.8 Å². The van der Waals surface area contributed by atoms with Crippen LogP contribution >= 0.6 is 11.8 Å². The lowest BCUT2D eigenvalue weighted by Gasteiger charge is -2.25. The number of nitriles is 1. The average Bonchev–Trinajstić information content (AvgIpc) is 2.37. The molecule has 98 valence electrons. The minimum absolute atomic E-state index is 0.000298. The summed E-state index contributed by atoms with van der Waals surface area (Å²) in [5.41, 5.74) is 1.19. The molecule has 0 aliphatic rings. The molecule has 1 aromatic rings. The smallest absolute Gasteiger partial charge is 0.0681 e. The predicted octanol–water partition coefficient (Wildman–Crippen LogP) is 3.85. The Kier molecular flexibility index (Phi) is 6.24. The summed E-state index contributed by atoms with van der Waals surface area (Å²) in [6, 6.07) is 11.1. The highest BCUT2D eigenvalue weighted by Gasteiger charge is 2.24. The van der Waals surface area contributed by atoms with Gasteiger partial charge in [-0.3, -0.25) is 0 Å². The molecule has 1 rings (SSSR count). The maximum atomic E-state index is 9.30. The van der Waals surface area contributed by atoms with Crippen LogP contribution in [0.25, 0.3) is 0 Å². The second-order valence-electron chi connectivity index (χ2n) is 4.67. The lowest BCUT2D eigenvalue weighted by molar-refractivity contribution is 0.363. The van der Waals surface area contributed by atoms with Gasteiger partial charge in [0.1, 0.15) is 0 Å². The number of nitrogens with zero attached hydrogens (tertiary/aromatic N) is 1. The highest BCUT2D eigenvalue weighted by atomic mass is 32.2. The molecule has 0 saturated carbocycles. The van der Waals surface area contributed by atoms with Crippen molar-refractivity contribution in [2.45, 2.75) is 31.7 Å². The van der Waals surface area contributed by atoms with Crippen molar-refractivity contribution in [3.05, 3.63) is 29.8 Å². The van der Waals surface area contributed by atoms with Crippen molar-refractivity contribution < 1.29 is 0 Å². The number of nitrogens with one attached hydrogen (secondary N) is 1. The lowest BCUT2D eigenvalue weighted by Crippen LogP contribution is -2.27. The summed E-state index contributed by atoms with van der Waals surface area (Å²) >= 11 is 1.84. The van der Waals surface area contributed by atoms with Gasteiger partial charge in [0.15, 0.2) is 0 Å². The number of rotatable bonds is 6. The zero-order valence-corrected chi connectivity index (χ0v) is 12.4. The van der Waals surface area contributed by atoms with Gasteiger partial charge < -0.3 is 5.32 Å². The van der Waals surface area contributed by atoms with Crippen LogP contribution in [0.15, 0.2) is 29.2 Å². The van der Waals surface area contributed by atoms with Gasteiger partial charge in [-0.15, -0.1) is 11.8 Å². The Bertz CT molecular complexity index is 392. The fourth-order valence-electron chi connectivity index (χ4n) is 2.10. The van der Waals surface area contributed by atoms with E-state index in [-0.39, 0.29) is 12.0 Å². The van der Waals surface area contributed by atoms with E-state index in [4.69, 9.17) is 0 Å². The monoisotopic (exact) mass is 262 g/mol. The van der Waals surface area contributed by atoms with Crippen molar-refractivity contribution in [1.29, 1.82) is 5.26 Å². The maximum absolute atomic E-state index is 9.30. The molecule has 0 aliphatic heterocycles. The van der Waals surface area contributed by atoms with Crippen molar-refractivity contribution in [3.8, 4) is 6.07 Å². The first-order valence-corrected chi connectivity index (χ1v) is 7.42. The van der Waals surface area contributed by atoms with Crippen molar-refractivity contribution in [2.24, 2.45) is 11.8 Å². The van der Waals surface area contributed by atoms with Gasteiger partial charge in [0.2, 0.25) is 0 Å². The molecule has 0 amide bonds. The van der Waals surface area contributed by atoms with Crippen molar-refractivity contribution >= 4 is 11.8 Å². The van der Waals surface area contributed by atoms with Crippen LogP contribution in [0, 0.1) is 23.2 Å². The zero-order chi connectivity index (χ0) is 13.5. The molecule has 0 bridgehead atoms. The lowest BCUT2D eigenvalue weighted by atomic mass is 9.86. The molecule has 0 radical (unpaired) electrons. The molecule has 0 saturated heterocycles. The number of hydrogen-bond acceptors (Lipinski definition) is 3. The molecule has 0 fully saturated rings. The third kappa shape index (κ3) is 3.76. The van der Waals surface area contributed by atoms with E-state index in [9.17, 15) is 5.26 Å². The minimum Gasteiger partial charge on any atom is -0.312 e. The molecule has 2 unspecified atom stereocenters. The Labute approximate surface area is 115 Å². The summed E-state index contributed by atoms with van der Waals surface area (Å²) in [4.78, 5) is 1.29. The normalized spacial score (nSPS) is 14.2. The fourth-order valence-corrected chi connectivity index (χ4v) is 2.76. The minimum atomic E-state index is -0.000298. The molecule has 1 N–H and O–H groups in total. The van der Waals surface area contributed by atoms with Crippen molar-refractivity contribution in [1.82, 2.24) is 5.32 Å². The first-order valence-electron chi connectivity index (χ1n) is 6.43. The standard InChI is InChI=1S/C15H22N2S/c1-5-18-13-8-6-12(7-9-13)15(17-4)14(10-16)11(2)3/h6-9,11,14-15,17H,5H2,1-4H3. The first kappa shape index (κ1) is 15.1. The second kappa shape index (κ2) is 7.45. The van der Waals surface area contributed by atoms with Gasteiger partial charge in [-0.2, -0.15) is 5.26 Å². The van der Waals surface area contributed by atoms with E-state index in [1.54, 1.807) is 0 Å². The Balaban J connectivity index is 2.91. The quantitative estimate of drug-likeness (QED) is 0.791. The van der Waals surface area contributed by atoms with Gasteiger partial charge in [0.05, 0.1) is 12.0 Å². The highest BCUT2D eigenvalue weighted by Crippen LogP contribution is 2.28. The van der Waals surface area contributed by atoms with Crippen LogP contribution in [-0.2, 0) is 0 Å². The van der Waals surface area contributed by atoms with Gasteiger partial charge in [-0.25, -0.2) is 0 Å². The van der Waals surface area contributed by atoms with E-state index in [2.05, 4.69) is 56.4 Å². The van der Waals surface area contributed by atoms with Crippen LogP contribution < -0.4 is 5.32 Å². The van der Waals surface area contributed by atoms with Crippen molar-refractivity contribution in [3.63, 3.8) is 0 Å². The van der Waals surface area contributed by atoms with E-state index >= 15 is 0 Å². The largest absolute Gasteiger partial charge is 0.312 e. The summed E-state index contributed by atoms with van der Waals surface area (Å²) in [5.74, 6) is 1.43. The molecule has 0 heterocycles. The van der Waals surface area contributed by atoms with E-state index in [1.165, 1.54) is 10.5 Å². The molecule has 0 spiro atoms. The Morgan fingerprint density at radius 3 is 2.28 bits per heavy atom. The summed E-state index contributed by atoms with van der Waals surface area (Å²) in [6.07, 6.45) is 0. The van der Waals surface area contributed by atoms with Gasteiger partial charge in [-0.05, 0) is 36.4 Å². The summed E-state index contributed by atoms with van der Waals surface area (Å²) < 4.78 is 0. The summed E-state index contributed by atoms with van der Waals surface area (Å²) in [6.45, 7) is 6.35. The molecule has 1 aromatic carbocycles. The topological polar surface area (TPSA) is 35.8 Å². The Morgan fingerprint density at radius 2 is 1.89 bits per heavy atom. The fraction of sp³-hybridized carbons (Fsp3) is 0.533. The molecule has 0 aliphatic carbocycles. The van der Waals surface area contributed by atoms with Gasteiger partial charge >= 0.3 is 0 Å². The van der Waals surface area contributed by atoms with Crippen LogP contribution in [0.2, 0.25) is 0 Å². The molecule has 2 nitrogen and oxygen atoms in total. The number of benzene rings is 1. The SMILES string of the molecule is CCSc1ccc(C(NC)C(C#N)C(C)C)cc1. The zero-order valence-electron chi connectivity index (χ0n) is 11.6. The van der Waals surface area contributed by atoms with E-state index in [0.717, 1.165) is 5.75 Å². The predicted molar refractivity (Wildman–Crippen MR) is 78.6 cm³/mol. The average molecular weight is 262 g/mol. The molecule has 2 atom stereocenters. The molecular weight excluding hydrogens is 240 g/mol. The van der Waals surface area contributed by atoms with Gasteiger partial charge in [-0.1, -0.05) is 32.9 Å². The van der Waals surface area contributed by atoms with Crippen molar-refractivity contribution in [2.75, 3.05) is 12.8 Å². The first-order chi connectivity index (χ1) is 8.63. The third-order valence-electron chi connectivity index (χ3n) is 3.09. The summed E-state index contributed by atoms with van der Waals surface area (Å²) in [7, 11) is 1.92. The summed E-state index contributed by atoms with van der Waals surface area (Å²) in [5, 5.41) is 12.6. The number of thioether (sulfide) groups is 1. The van der Waals surface area contributed by atoms with Crippen LogP contribution in [0.5, 0.6) is 0 Å². The molecular formula is C15H22N2S. The molecule has 0 aromatic heterocycles. The van der Waals surface area contributed by atoms with E-state index < -0.39 is 0 Å². The molecule has 18 heavy (non-hydrogen) atoms. The number of hydrogen-bond donors (Lipinski definition) is 1. The third-order valence-corrected chi connectivity index (χ3v) is 3.98. The van der Waals surface area contributed by atoms with Gasteiger partial charge in [0, 0.05) is 10.9 Å². The maximum Gasteiger partial charge on any atom is 0.0681 e. The Hall–Kier alpha value is -0.980. The van der Waals surface area contributed by atoms with Gasteiger partial charge in [0.25, 0.3) is 0 Å². The van der Waals surface area contributed by atoms with Crippen LogP contribution in [0.3, 0.4) is 0 Å². The second-order valence-corrected chi connectivity index (χ2v) is 6.00. The van der Waals surface area contributed by atoms with E-state index in [1.807, 2.05) is 18.8 Å². The van der Waals surface area contributed by atoms with E-state index in [0.29, 0.717) is 5.92 Å². The highest BCUT2D eigenvalue weighted by molar-refractivity contribution is 7.99. The Morgan fingerprint density at radius 1 is 1.28 bits per heavy atom. The van der Waals surface area contributed by atoms with Crippen LogP contribution in [0.1, 0.15) is 32.4 Å². The van der Waals surface area contributed by atoms with Crippen LogP contribution in [0.4, 0.5) is 0 Å².